The zero-order valence-corrected chi connectivity index (χ0v) is 10.8. The minimum absolute atomic E-state index is 0.558. The van der Waals surface area contributed by atoms with E-state index in [1.807, 2.05) is 0 Å². The summed E-state index contributed by atoms with van der Waals surface area (Å²) >= 11 is 7.22. The Morgan fingerprint density at radius 1 is 1.09 bits per heavy atom. The quantitative estimate of drug-likeness (QED) is 0.414. The topological polar surface area (TPSA) is 0 Å². The van der Waals surface area contributed by atoms with E-state index in [0.717, 1.165) is 9.81 Å². The van der Waals surface area contributed by atoms with Crippen LogP contribution in [0.3, 0.4) is 0 Å². The second kappa shape index (κ2) is 5.55. The molecular formula is C8H18Br2N+. The highest BCUT2D eigenvalue weighted by Crippen LogP contribution is 2.20. The zero-order valence-electron chi connectivity index (χ0n) is 7.61. The van der Waals surface area contributed by atoms with E-state index < -0.39 is 0 Å². The standard InChI is InChI=1S/C8H18Br2N/c1-4-11(5-2,6-3)8(10)7-9/h8H,4-7H2,1-3H3/q+1. The SMILES string of the molecule is CC[N+](CC)(CC)C(Br)CBr. The Balaban J connectivity index is 4.26. The lowest BCUT2D eigenvalue weighted by Gasteiger charge is -2.39. The van der Waals surface area contributed by atoms with E-state index in [4.69, 9.17) is 0 Å². The molecule has 0 radical (unpaired) electrons. The summed E-state index contributed by atoms with van der Waals surface area (Å²) < 4.78 is 1.16. The second-order valence-corrected chi connectivity index (χ2v) is 4.46. The van der Waals surface area contributed by atoms with Gasteiger partial charge in [0.1, 0.15) is 0 Å². The molecule has 0 spiro atoms. The van der Waals surface area contributed by atoms with Crippen molar-refractivity contribution in [2.75, 3.05) is 25.0 Å². The fraction of sp³-hybridized carbons (Fsp3) is 1.00. The van der Waals surface area contributed by atoms with Gasteiger partial charge in [0.2, 0.25) is 0 Å². The van der Waals surface area contributed by atoms with E-state index in [9.17, 15) is 0 Å². The maximum atomic E-state index is 3.71. The van der Waals surface area contributed by atoms with Crippen LogP contribution in [-0.4, -0.2) is 34.4 Å². The van der Waals surface area contributed by atoms with Gasteiger partial charge in [-0.05, 0) is 36.7 Å². The molecule has 0 aromatic heterocycles. The van der Waals surface area contributed by atoms with Gasteiger partial charge in [-0.25, -0.2) is 0 Å². The smallest absolute Gasteiger partial charge is 0.154 e. The first kappa shape index (κ1) is 11.9. The van der Waals surface area contributed by atoms with Gasteiger partial charge in [-0.1, -0.05) is 15.9 Å². The summed E-state index contributed by atoms with van der Waals surface area (Å²) in [7, 11) is 0. The second-order valence-electron chi connectivity index (χ2n) is 2.76. The summed E-state index contributed by atoms with van der Waals surface area (Å²) in [4.78, 5) is 0.558. The first-order valence-electron chi connectivity index (χ1n) is 4.22. The number of halogens is 2. The molecule has 11 heavy (non-hydrogen) atoms. The first-order chi connectivity index (χ1) is 5.16. The highest BCUT2D eigenvalue weighted by molar-refractivity contribution is 9.12. The predicted molar refractivity (Wildman–Crippen MR) is 58.4 cm³/mol. The lowest BCUT2D eigenvalue weighted by atomic mass is 10.3. The van der Waals surface area contributed by atoms with Crippen molar-refractivity contribution in [1.29, 1.82) is 0 Å². The molecule has 0 saturated carbocycles. The molecule has 3 heteroatoms. The van der Waals surface area contributed by atoms with Crippen LogP contribution in [0.4, 0.5) is 0 Å². The average molecular weight is 288 g/mol. The third-order valence-corrected chi connectivity index (χ3v) is 5.29. The molecule has 1 nitrogen and oxygen atoms in total. The molecular weight excluding hydrogens is 270 g/mol. The molecule has 0 aliphatic carbocycles. The molecule has 0 saturated heterocycles. The highest BCUT2D eigenvalue weighted by Gasteiger charge is 2.28. The van der Waals surface area contributed by atoms with E-state index in [2.05, 4.69) is 52.6 Å². The van der Waals surface area contributed by atoms with Gasteiger partial charge in [-0.2, -0.15) is 0 Å². The van der Waals surface area contributed by atoms with Crippen molar-refractivity contribution < 1.29 is 4.48 Å². The largest absolute Gasteiger partial charge is 0.312 e. The number of alkyl halides is 2. The van der Waals surface area contributed by atoms with Crippen molar-refractivity contribution in [1.82, 2.24) is 0 Å². The van der Waals surface area contributed by atoms with E-state index in [0.29, 0.717) is 4.95 Å². The summed E-state index contributed by atoms with van der Waals surface area (Å²) in [6, 6.07) is 0. The Kier molecular flexibility index (Phi) is 6.01. The molecule has 0 heterocycles. The fourth-order valence-corrected chi connectivity index (χ4v) is 2.89. The minimum atomic E-state index is 0.558. The normalized spacial score (nSPS) is 15.0. The third kappa shape index (κ3) is 2.71. The van der Waals surface area contributed by atoms with Gasteiger partial charge in [-0.3, -0.25) is 0 Å². The van der Waals surface area contributed by atoms with Gasteiger partial charge in [0.25, 0.3) is 0 Å². The van der Waals surface area contributed by atoms with Crippen LogP contribution in [0, 0.1) is 0 Å². The van der Waals surface area contributed by atoms with Crippen LogP contribution in [0.5, 0.6) is 0 Å². The van der Waals surface area contributed by atoms with Gasteiger partial charge in [0.05, 0.1) is 25.0 Å². The van der Waals surface area contributed by atoms with E-state index in [-0.39, 0.29) is 0 Å². The molecule has 0 aromatic rings. The average Bonchev–Trinajstić information content (AvgIpc) is 2.08. The van der Waals surface area contributed by atoms with Gasteiger partial charge < -0.3 is 4.48 Å². The summed E-state index contributed by atoms with van der Waals surface area (Å²) in [6.07, 6.45) is 0. The fourth-order valence-electron chi connectivity index (χ4n) is 1.41. The van der Waals surface area contributed by atoms with Crippen LogP contribution < -0.4 is 0 Å². The molecule has 0 N–H and O–H groups in total. The van der Waals surface area contributed by atoms with E-state index >= 15 is 0 Å². The van der Waals surface area contributed by atoms with Gasteiger partial charge >= 0.3 is 0 Å². The van der Waals surface area contributed by atoms with Crippen LogP contribution in [0.1, 0.15) is 20.8 Å². The van der Waals surface area contributed by atoms with Crippen LogP contribution in [-0.2, 0) is 0 Å². The molecule has 1 atom stereocenters. The molecule has 0 aliphatic heterocycles. The lowest BCUT2D eigenvalue weighted by Crippen LogP contribution is -2.53. The van der Waals surface area contributed by atoms with Gasteiger partial charge in [0, 0.05) is 0 Å². The van der Waals surface area contributed by atoms with Crippen molar-refractivity contribution in [3.8, 4) is 0 Å². The Morgan fingerprint density at radius 3 is 1.55 bits per heavy atom. The van der Waals surface area contributed by atoms with Crippen molar-refractivity contribution >= 4 is 31.9 Å². The predicted octanol–water partition coefficient (Wildman–Crippen LogP) is 2.98. The minimum Gasteiger partial charge on any atom is -0.312 e. The molecule has 0 aromatic carbocycles. The Morgan fingerprint density at radius 2 is 1.45 bits per heavy atom. The number of rotatable bonds is 5. The summed E-state index contributed by atoms with van der Waals surface area (Å²) in [5.41, 5.74) is 0. The maximum absolute atomic E-state index is 3.71. The lowest BCUT2D eigenvalue weighted by molar-refractivity contribution is -0.928. The van der Waals surface area contributed by atoms with Crippen LogP contribution >= 0.6 is 31.9 Å². The number of hydrogen-bond acceptors (Lipinski definition) is 0. The first-order valence-corrected chi connectivity index (χ1v) is 6.26. The number of hydrogen-bond donors (Lipinski definition) is 0. The van der Waals surface area contributed by atoms with Crippen LogP contribution in [0.15, 0.2) is 0 Å². The Labute approximate surface area is 87.0 Å². The summed E-state index contributed by atoms with van der Waals surface area (Å²) in [5, 5.41) is 1.03. The molecule has 0 rings (SSSR count). The molecule has 1 unspecified atom stereocenters. The maximum Gasteiger partial charge on any atom is 0.154 e. The van der Waals surface area contributed by atoms with Gasteiger partial charge in [0.15, 0.2) is 4.95 Å². The molecule has 0 bridgehead atoms. The molecule has 0 fully saturated rings. The van der Waals surface area contributed by atoms with E-state index in [1.165, 1.54) is 19.6 Å². The third-order valence-electron chi connectivity index (χ3n) is 2.61. The zero-order chi connectivity index (χ0) is 8.91. The monoisotopic (exact) mass is 286 g/mol. The van der Waals surface area contributed by atoms with Crippen molar-refractivity contribution in [3.05, 3.63) is 0 Å². The van der Waals surface area contributed by atoms with Crippen molar-refractivity contribution in [3.63, 3.8) is 0 Å². The summed E-state index contributed by atoms with van der Waals surface area (Å²) in [5.74, 6) is 0. The molecule has 0 aliphatic rings. The number of nitrogens with zero attached hydrogens (tertiary/aromatic N) is 1. The molecule has 68 valence electrons. The van der Waals surface area contributed by atoms with Crippen molar-refractivity contribution in [2.24, 2.45) is 0 Å². The number of quaternary nitrogens is 1. The Hall–Kier alpha value is 0.920. The Bertz CT molecular complexity index is 94.0. The van der Waals surface area contributed by atoms with Crippen LogP contribution in [0.25, 0.3) is 0 Å². The summed E-state index contributed by atoms with van der Waals surface area (Å²) in [6.45, 7) is 10.4. The van der Waals surface area contributed by atoms with Crippen LogP contribution in [0.2, 0.25) is 0 Å². The van der Waals surface area contributed by atoms with Gasteiger partial charge in [-0.15, -0.1) is 0 Å². The van der Waals surface area contributed by atoms with E-state index in [1.54, 1.807) is 0 Å². The van der Waals surface area contributed by atoms with Crippen molar-refractivity contribution in [2.45, 2.75) is 25.7 Å². The highest BCUT2D eigenvalue weighted by atomic mass is 79.9. The molecule has 0 amide bonds.